The van der Waals surface area contributed by atoms with Gasteiger partial charge in [0, 0.05) is 12.7 Å². The van der Waals surface area contributed by atoms with Crippen LogP contribution in [-0.4, -0.2) is 48.2 Å². The third kappa shape index (κ3) is 4.35. The fraction of sp³-hybridized carbons (Fsp3) is 0.333. The van der Waals surface area contributed by atoms with E-state index < -0.39 is 18.0 Å². The second kappa shape index (κ2) is 8.81. The Balaban J connectivity index is 1.71. The molecule has 2 aromatic rings. The number of carbonyl (C=O) groups is 3. The number of carbonyl (C=O) groups excluding carboxylic acids is 3. The number of esters is 2. The molecule has 0 aliphatic carbocycles. The lowest BCUT2D eigenvalue weighted by atomic mass is 9.94. The zero-order chi connectivity index (χ0) is 21.8. The highest BCUT2D eigenvalue weighted by Crippen LogP contribution is 2.30. The second-order valence-electron chi connectivity index (χ2n) is 7.01. The van der Waals surface area contributed by atoms with E-state index in [1.165, 1.54) is 12.0 Å². The molecular formula is C21H25N4O5+. The van der Waals surface area contributed by atoms with Crippen molar-refractivity contribution in [1.82, 2.24) is 14.8 Å². The van der Waals surface area contributed by atoms with E-state index in [-0.39, 0.29) is 12.6 Å². The van der Waals surface area contributed by atoms with Crippen LogP contribution in [0.5, 0.6) is 0 Å². The van der Waals surface area contributed by atoms with E-state index in [4.69, 9.17) is 9.47 Å². The SMILES string of the molecule is COC(=O)C1=C(C)N(C)C(=O)NC1c1ccc(C(=O)OCCn2cc[n+](C)c2)cc1. The third-order valence-electron chi connectivity index (χ3n) is 5.05. The molecule has 0 spiro atoms. The number of hydrogen-bond acceptors (Lipinski definition) is 5. The van der Waals surface area contributed by atoms with Crippen LogP contribution < -0.4 is 9.88 Å². The first-order chi connectivity index (χ1) is 14.3. The molecule has 3 rings (SSSR count). The van der Waals surface area contributed by atoms with Gasteiger partial charge >= 0.3 is 18.0 Å². The summed E-state index contributed by atoms with van der Waals surface area (Å²) < 4.78 is 14.0. The summed E-state index contributed by atoms with van der Waals surface area (Å²) in [6, 6.07) is 5.61. The minimum Gasteiger partial charge on any atom is -0.466 e. The van der Waals surface area contributed by atoms with Gasteiger partial charge in [0.05, 0.1) is 31.3 Å². The lowest BCUT2D eigenvalue weighted by Gasteiger charge is -2.33. The van der Waals surface area contributed by atoms with Crippen molar-refractivity contribution in [3.63, 3.8) is 0 Å². The first-order valence-electron chi connectivity index (χ1n) is 9.43. The Morgan fingerprint density at radius 2 is 1.90 bits per heavy atom. The van der Waals surface area contributed by atoms with Crippen LogP contribution in [0, 0.1) is 0 Å². The first kappa shape index (κ1) is 21.1. The number of imidazole rings is 1. The molecule has 1 atom stereocenters. The van der Waals surface area contributed by atoms with E-state index in [2.05, 4.69) is 5.32 Å². The fourth-order valence-electron chi connectivity index (χ4n) is 3.23. The highest BCUT2D eigenvalue weighted by molar-refractivity contribution is 5.95. The van der Waals surface area contributed by atoms with E-state index in [1.54, 1.807) is 38.2 Å². The first-order valence-corrected chi connectivity index (χ1v) is 9.43. The Bertz CT molecular complexity index is 993. The summed E-state index contributed by atoms with van der Waals surface area (Å²) in [5.74, 6) is -0.961. The maximum Gasteiger partial charge on any atom is 0.338 e. The van der Waals surface area contributed by atoms with Crippen molar-refractivity contribution in [1.29, 1.82) is 0 Å². The molecule has 30 heavy (non-hydrogen) atoms. The smallest absolute Gasteiger partial charge is 0.338 e. The van der Waals surface area contributed by atoms with E-state index in [0.29, 0.717) is 28.9 Å². The van der Waals surface area contributed by atoms with Crippen molar-refractivity contribution in [2.45, 2.75) is 19.5 Å². The number of aryl methyl sites for hydroxylation is 1. The molecule has 158 valence electrons. The average molecular weight is 413 g/mol. The highest BCUT2D eigenvalue weighted by atomic mass is 16.5. The van der Waals surface area contributed by atoms with Gasteiger partial charge in [-0.25, -0.2) is 23.5 Å². The summed E-state index contributed by atoms with van der Waals surface area (Å²) in [5.41, 5.74) is 1.90. The summed E-state index contributed by atoms with van der Waals surface area (Å²) >= 11 is 0. The number of methoxy groups -OCH3 is 1. The zero-order valence-electron chi connectivity index (χ0n) is 17.4. The summed E-state index contributed by atoms with van der Waals surface area (Å²) in [6.07, 6.45) is 5.70. The number of rotatable bonds is 6. The molecule has 1 aliphatic heterocycles. The lowest BCUT2D eigenvalue weighted by molar-refractivity contribution is -0.671. The predicted octanol–water partition coefficient (Wildman–Crippen LogP) is 1.31. The third-order valence-corrected chi connectivity index (χ3v) is 5.05. The maximum atomic E-state index is 12.3. The monoisotopic (exact) mass is 413 g/mol. The van der Waals surface area contributed by atoms with Crippen LogP contribution >= 0.6 is 0 Å². The average Bonchev–Trinajstić information content (AvgIpc) is 3.16. The minimum atomic E-state index is -0.666. The van der Waals surface area contributed by atoms with Crippen LogP contribution in [0.1, 0.15) is 28.9 Å². The fourth-order valence-corrected chi connectivity index (χ4v) is 3.23. The number of benzene rings is 1. The molecule has 1 aliphatic rings. The van der Waals surface area contributed by atoms with Crippen LogP contribution in [0.3, 0.4) is 0 Å². The van der Waals surface area contributed by atoms with Crippen molar-refractivity contribution >= 4 is 18.0 Å². The number of ether oxygens (including phenoxy) is 2. The molecule has 0 fully saturated rings. The van der Waals surface area contributed by atoms with Crippen LogP contribution in [0.4, 0.5) is 4.79 Å². The van der Waals surface area contributed by atoms with E-state index in [1.807, 2.05) is 34.9 Å². The van der Waals surface area contributed by atoms with Gasteiger partial charge in [-0.2, -0.15) is 0 Å². The molecule has 0 bridgehead atoms. The number of allylic oxidation sites excluding steroid dienone is 1. The quantitative estimate of drug-likeness (QED) is 0.569. The number of hydrogen-bond donors (Lipinski definition) is 1. The van der Waals surface area contributed by atoms with Gasteiger partial charge < -0.3 is 19.7 Å². The van der Waals surface area contributed by atoms with Gasteiger partial charge in [-0.15, -0.1) is 0 Å². The molecule has 1 aromatic heterocycles. The number of urea groups is 1. The highest BCUT2D eigenvalue weighted by Gasteiger charge is 2.34. The van der Waals surface area contributed by atoms with Gasteiger partial charge in [-0.3, -0.25) is 0 Å². The van der Waals surface area contributed by atoms with Crippen molar-refractivity contribution in [2.24, 2.45) is 7.05 Å². The predicted molar refractivity (Wildman–Crippen MR) is 106 cm³/mol. The number of amides is 2. The summed E-state index contributed by atoms with van der Waals surface area (Å²) in [5, 5.41) is 2.79. The van der Waals surface area contributed by atoms with Gasteiger partial charge in [-0.1, -0.05) is 12.1 Å². The van der Waals surface area contributed by atoms with Gasteiger partial charge in [0.15, 0.2) is 0 Å². The molecule has 2 heterocycles. The summed E-state index contributed by atoms with van der Waals surface area (Å²) in [7, 11) is 4.79. The van der Waals surface area contributed by atoms with Gasteiger partial charge in [-0.05, 0) is 24.6 Å². The molecule has 9 nitrogen and oxygen atoms in total. The van der Waals surface area contributed by atoms with Crippen molar-refractivity contribution in [3.8, 4) is 0 Å². The summed E-state index contributed by atoms with van der Waals surface area (Å²) in [6.45, 7) is 2.49. The summed E-state index contributed by atoms with van der Waals surface area (Å²) in [4.78, 5) is 38.2. The lowest BCUT2D eigenvalue weighted by Crippen LogP contribution is -2.46. The molecule has 0 radical (unpaired) electrons. The Morgan fingerprint density at radius 1 is 1.20 bits per heavy atom. The normalized spacial score (nSPS) is 16.3. The van der Waals surface area contributed by atoms with E-state index >= 15 is 0 Å². The van der Waals surface area contributed by atoms with Crippen LogP contribution in [0.25, 0.3) is 0 Å². The molecule has 0 saturated heterocycles. The molecule has 9 heteroatoms. The Morgan fingerprint density at radius 3 is 2.50 bits per heavy atom. The Kier molecular flexibility index (Phi) is 6.20. The largest absolute Gasteiger partial charge is 0.466 e. The maximum absolute atomic E-state index is 12.3. The van der Waals surface area contributed by atoms with Crippen LogP contribution in [-0.2, 0) is 27.9 Å². The van der Waals surface area contributed by atoms with Crippen molar-refractivity contribution < 1.29 is 28.4 Å². The molecule has 1 unspecified atom stereocenters. The molecule has 0 saturated carbocycles. The Labute approximate surface area is 174 Å². The van der Waals surface area contributed by atoms with E-state index in [0.717, 1.165) is 0 Å². The van der Waals surface area contributed by atoms with Gasteiger partial charge in [0.2, 0.25) is 6.33 Å². The topological polar surface area (TPSA) is 93.8 Å². The van der Waals surface area contributed by atoms with Gasteiger partial charge in [0.25, 0.3) is 0 Å². The minimum absolute atomic E-state index is 0.245. The zero-order valence-corrected chi connectivity index (χ0v) is 17.4. The molecule has 2 amide bonds. The number of nitrogens with one attached hydrogen (secondary N) is 1. The molecular weight excluding hydrogens is 388 g/mol. The molecule has 1 N–H and O–H groups in total. The number of aromatic nitrogens is 2. The van der Waals surface area contributed by atoms with Crippen LogP contribution in [0.2, 0.25) is 0 Å². The van der Waals surface area contributed by atoms with Crippen LogP contribution in [0.15, 0.2) is 54.3 Å². The van der Waals surface area contributed by atoms with Crippen molar-refractivity contribution in [2.75, 3.05) is 20.8 Å². The Hall–Kier alpha value is -3.62. The molecule has 1 aromatic carbocycles. The number of nitrogens with zero attached hydrogens (tertiary/aromatic N) is 3. The van der Waals surface area contributed by atoms with Gasteiger partial charge in [0.1, 0.15) is 25.5 Å². The second-order valence-corrected chi connectivity index (χ2v) is 7.01. The van der Waals surface area contributed by atoms with E-state index in [9.17, 15) is 14.4 Å². The van der Waals surface area contributed by atoms with Crippen molar-refractivity contribution in [3.05, 3.63) is 65.4 Å². The standard InChI is InChI=1S/C21H24N4O5/c1-14-17(20(27)29-4)18(22-21(28)24(14)3)15-5-7-16(8-6-15)19(26)30-12-11-25-10-9-23(2)13-25/h5-10,13,18H,11-12H2,1-4H3/p+1.